The summed E-state index contributed by atoms with van der Waals surface area (Å²) in [5.41, 5.74) is 0.849. The maximum Gasteiger partial charge on any atom is 0.323 e. The summed E-state index contributed by atoms with van der Waals surface area (Å²) in [7, 11) is 0. The van der Waals surface area contributed by atoms with E-state index in [-0.39, 0.29) is 19.0 Å². The molecular weight excluding hydrogens is 350 g/mol. The quantitative estimate of drug-likeness (QED) is 0.536. The van der Waals surface area contributed by atoms with Gasteiger partial charge in [-0.2, -0.15) is 0 Å². The minimum Gasteiger partial charge on any atom is -0.480 e. The fourth-order valence-electron chi connectivity index (χ4n) is 1.89. The average molecular weight is 370 g/mol. The van der Waals surface area contributed by atoms with Crippen LogP contribution in [0.25, 0.3) is 0 Å². The molecule has 0 aliphatic heterocycles. The highest BCUT2D eigenvalue weighted by Gasteiger charge is 2.23. The van der Waals surface area contributed by atoms with E-state index in [9.17, 15) is 9.59 Å². The lowest BCUT2D eigenvalue weighted by atomic mass is 10.2. The van der Waals surface area contributed by atoms with Gasteiger partial charge in [-0.1, -0.05) is 34.1 Å². The topological polar surface area (TPSA) is 66.8 Å². The molecular formula is C16H20BrNO4. The second-order valence-electron chi connectivity index (χ2n) is 4.81. The number of amides is 1. The Balaban J connectivity index is 2.76. The van der Waals surface area contributed by atoms with Crippen molar-refractivity contribution in [3.63, 3.8) is 0 Å². The monoisotopic (exact) mass is 369 g/mol. The summed E-state index contributed by atoms with van der Waals surface area (Å²) in [4.78, 5) is 24.6. The van der Waals surface area contributed by atoms with E-state index >= 15 is 0 Å². The van der Waals surface area contributed by atoms with Crippen LogP contribution < -0.4 is 0 Å². The number of hydrogen-bond donors (Lipinski definition) is 1. The largest absolute Gasteiger partial charge is 0.480 e. The van der Waals surface area contributed by atoms with Crippen LogP contribution in [0.1, 0.15) is 18.9 Å². The Morgan fingerprint density at radius 3 is 2.82 bits per heavy atom. The number of benzene rings is 1. The SMILES string of the molecule is C=CCCOC(C)C(=O)N(CC(=O)O)Cc1cccc(Br)c1. The summed E-state index contributed by atoms with van der Waals surface area (Å²) in [5, 5.41) is 9.00. The fraction of sp³-hybridized carbons (Fsp3) is 0.375. The van der Waals surface area contributed by atoms with Crippen molar-refractivity contribution in [1.82, 2.24) is 4.90 Å². The zero-order valence-corrected chi connectivity index (χ0v) is 14.1. The number of nitrogens with zero attached hydrogens (tertiary/aromatic N) is 1. The first-order valence-corrected chi connectivity index (χ1v) is 7.71. The number of ether oxygens (including phenoxy) is 1. The number of carboxylic acids is 1. The van der Waals surface area contributed by atoms with Gasteiger partial charge in [-0.05, 0) is 31.0 Å². The molecule has 1 aromatic carbocycles. The molecule has 0 heterocycles. The van der Waals surface area contributed by atoms with Gasteiger partial charge in [-0.25, -0.2) is 0 Å². The van der Waals surface area contributed by atoms with E-state index in [1.165, 1.54) is 4.90 Å². The van der Waals surface area contributed by atoms with E-state index in [1.807, 2.05) is 24.3 Å². The first kappa shape index (κ1) is 18.4. The van der Waals surface area contributed by atoms with E-state index in [0.717, 1.165) is 10.0 Å². The Morgan fingerprint density at radius 1 is 1.50 bits per heavy atom. The first-order valence-electron chi connectivity index (χ1n) is 6.91. The molecule has 1 rings (SSSR count). The molecule has 6 heteroatoms. The summed E-state index contributed by atoms with van der Waals surface area (Å²) in [6.45, 7) is 5.45. The van der Waals surface area contributed by atoms with Crippen LogP contribution in [0.2, 0.25) is 0 Å². The van der Waals surface area contributed by atoms with Crippen LogP contribution in [0.3, 0.4) is 0 Å². The van der Waals surface area contributed by atoms with E-state index in [4.69, 9.17) is 9.84 Å². The van der Waals surface area contributed by atoms with Gasteiger partial charge in [0.05, 0.1) is 6.61 Å². The van der Waals surface area contributed by atoms with Gasteiger partial charge < -0.3 is 14.7 Å². The lowest BCUT2D eigenvalue weighted by molar-refractivity contribution is -0.150. The van der Waals surface area contributed by atoms with Crippen molar-refractivity contribution in [2.75, 3.05) is 13.2 Å². The summed E-state index contributed by atoms with van der Waals surface area (Å²) in [6.07, 6.45) is 1.65. The predicted octanol–water partition coefficient (Wildman–Crippen LogP) is 2.84. The van der Waals surface area contributed by atoms with Crippen molar-refractivity contribution >= 4 is 27.8 Å². The molecule has 5 nitrogen and oxygen atoms in total. The van der Waals surface area contributed by atoms with Crippen molar-refractivity contribution in [2.24, 2.45) is 0 Å². The molecule has 1 atom stereocenters. The zero-order chi connectivity index (χ0) is 16.5. The van der Waals surface area contributed by atoms with Crippen molar-refractivity contribution in [2.45, 2.75) is 26.0 Å². The Morgan fingerprint density at radius 2 is 2.23 bits per heavy atom. The smallest absolute Gasteiger partial charge is 0.323 e. The molecule has 0 radical (unpaired) electrons. The number of carbonyl (C=O) groups excluding carboxylic acids is 1. The van der Waals surface area contributed by atoms with Crippen LogP contribution in [-0.2, 0) is 20.9 Å². The predicted molar refractivity (Wildman–Crippen MR) is 87.4 cm³/mol. The molecule has 1 amide bonds. The maximum atomic E-state index is 12.4. The maximum absolute atomic E-state index is 12.4. The number of aliphatic carboxylic acids is 1. The third-order valence-corrected chi connectivity index (χ3v) is 3.43. The summed E-state index contributed by atoms with van der Waals surface area (Å²) < 4.78 is 6.28. The standard InChI is InChI=1S/C16H20BrNO4/c1-3-4-8-22-12(2)16(21)18(11-15(19)20)10-13-6-5-7-14(17)9-13/h3,5-7,9,12H,1,4,8,10-11H2,2H3,(H,19,20). The minimum atomic E-state index is -1.05. The van der Waals surface area contributed by atoms with Gasteiger partial charge in [0.25, 0.3) is 5.91 Å². The van der Waals surface area contributed by atoms with E-state index in [1.54, 1.807) is 13.0 Å². The highest BCUT2D eigenvalue weighted by molar-refractivity contribution is 9.10. The number of carbonyl (C=O) groups is 2. The molecule has 0 bridgehead atoms. The van der Waals surface area contributed by atoms with Crippen molar-refractivity contribution in [3.8, 4) is 0 Å². The molecule has 0 saturated carbocycles. The fourth-order valence-corrected chi connectivity index (χ4v) is 2.33. The minimum absolute atomic E-state index is 0.222. The number of halogens is 1. The van der Waals surface area contributed by atoms with Gasteiger partial charge in [0.15, 0.2) is 0 Å². The molecule has 0 saturated heterocycles. The van der Waals surface area contributed by atoms with Gasteiger partial charge in [0.1, 0.15) is 12.6 Å². The van der Waals surface area contributed by atoms with Crippen molar-refractivity contribution < 1.29 is 19.4 Å². The summed E-state index contributed by atoms with van der Waals surface area (Å²) in [6, 6.07) is 7.40. The Labute approximate surface area is 138 Å². The molecule has 1 aromatic rings. The third-order valence-electron chi connectivity index (χ3n) is 2.94. The van der Waals surface area contributed by atoms with Crippen LogP contribution in [0, 0.1) is 0 Å². The van der Waals surface area contributed by atoms with Gasteiger partial charge in [0, 0.05) is 11.0 Å². The molecule has 0 aliphatic rings. The second kappa shape index (κ2) is 9.38. The summed E-state index contributed by atoms with van der Waals surface area (Å²) in [5.74, 6) is -1.40. The first-order chi connectivity index (χ1) is 10.4. The molecule has 0 aromatic heterocycles. The number of hydrogen-bond acceptors (Lipinski definition) is 3. The van der Waals surface area contributed by atoms with Crippen LogP contribution in [-0.4, -0.2) is 41.1 Å². The van der Waals surface area contributed by atoms with Crippen molar-refractivity contribution in [3.05, 3.63) is 47.0 Å². The van der Waals surface area contributed by atoms with Gasteiger partial charge in [-0.15, -0.1) is 6.58 Å². The molecule has 0 aliphatic carbocycles. The Hall–Kier alpha value is -1.66. The van der Waals surface area contributed by atoms with Gasteiger partial charge in [-0.3, -0.25) is 9.59 Å². The molecule has 1 N–H and O–H groups in total. The second-order valence-corrected chi connectivity index (χ2v) is 5.72. The Bertz CT molecular complexity index is 533. The Kier molecular flexibility index (Phi) is 7.84. The third kappa shape index (κ3) is 6.41. The molecule has 1 unspecified atom stereocenters. The van der Waals surface area contributed by atoms with Gasteiger partial charge >= 0.3 is 5.97 Å². The molecule has 0 fully saturated rings. The molecule has 120 valence electrons. The molecule has 22 heavy (non-hydrogen) atoms. The van der Waals surface area contributed by atoms with Crippen LogP contribution >= 0.6 is 15.9 Å². The van der Waals surface area contributed by atoms with Crippen LogP contribution in [0.15, 0.2) is 41.4 Å². The van der Waals surface area contributed by atoms with E-state index < -0.39 is 12.1 Å². The van der Waals surface area contributed by atoms with E-state index in [2.05, 4.69) is 22.5 Å². The summed E-state index contributed by atoms with van der Waals surface area (Å²) >= 11 is 3.36. The van der Waals surface area contributed by atoms with Crippen LogP contribution in [0.4, 0.5) is 0 Å². The van der Waals surface area contributed by atoms with Crippen LogP contribution in [0.5, 0.6) is 0 Å². The highest BCUT2D eigenvalue weighted by Crippen LogP contribution is 2.14. The zero-order valence-electron chi connectivity index (χ0n) is 12.5. The normalized spacial score (nSPS) is 11.7. The van der Waals surface area contributed by atoms with Crippen molar-refractivity contribution in [1.29, 1.82) is 0 Å². The lowest BCUT2D eigenvalue weighted by Gasteiger charge is -2.24. The lowest BCUT2D eigenvalue weighted by Crippen LogP contribution is -2.41. The number of carboxylic acid groups (broad SMARTS) is 1. The number of rotatable bonds is 9. The molecule has 0 spiro atoms. The average Bonchev–Trinajstić information content (AvgIpc) is 2.45. The van der Waals surface area contributed by atoms with E-state index in [0.29, 0.717) is 13.0 Å². The van der Waals surface area contributed by atoms with Gasteiger partial charge in [0.2, 0.25) is 0 Å². The highest BCUT2D eigenvalue weighted by atomic mass is 79.9.